The van der Waals surface area contributed by atoms with Crippen molar-refractivity contribution in [2.24, 2.45) is 0 Å². The van der Waals surface area contributed by atoms with Crippen LogP contribution in [0.3, 0.4) is 0 Å². The van der Waals surface area contributed by atoms with Gasteiger partial charge in [-0.05, 0) is 45.7 Å². The highest BCUT2D eigenvalue weighted by Gasteiger charge is 2.33. The molecule has 0 saturated carbocycles. The third kappa shape index (κ3) is 4.19. The molecule has 2 aromatic rings. The van der Waals surface area contributed by atoms with E-state index in [1.54, 1.807) is 23.2 Å². The second-order valence-electron chi connectivity index (χ2n) is 7.77. The molecule has 1 fully saturated rings. The molecule has 3 rings (SSSR count). The largest absolute Gasteiger partial charge is 0.489 e. The zero-order valence-corrected chi connectivity index (χ0v) is 17.3. The summed E-state index contributed by atoms with van der Waals surface area (Å²) in [5, 5.41) is 0.988. The van der Waals surface area contributed by atoms with Gasteiger partial charge in [-0.25, -0.2) is 9.59 Å². The van der Waals surface area contributed by atoms with E-state index >= 15 is 0 Å². The van der Waals surface area contributed by atoms with Crippen LogP contribution in [0.25, 0.3) is 10.9 Å². The standard InChI is InChI=1S/C20H25ClN2O5/c1-20(2,3)28-19(25)23-9-5-6-12(23)11-27-15-10-14(18(24)26-4)16(21)13-7-8-22-17(13)15/h7-8,10,12,22H,5-6,9,11H2,1-4H3. The first-order valence-corrected chi connectivity index (χ1v) is 9.59. The molecule has 1 unspecified atom stereocenters. The van der Waals surface area contributed by atoms with Crippen molar-refractivity contribution in [2.75, 3.05) is 20.3 Å². The molecule has 1 atom stereocenters. The molecule has 152 valence electrons. The van der Waals surface area contributed by atoms with Crippen molar-refractivity contribution in [1.29, 1.82) is 0 Å². The molecular formula is C20H25ClN2O5. The van der Waals surface area contributed by atoms with Crippen molar-refractivity contribution in [1.82, 2.24) is 9.88 Å². The zero-order chi connectivity index (χ0) is 20.5. The molecule has 0 bridgehead atoms. The lowest BCUT2D eigenvalue weighted by Gasteiger charge is -2.28. The molecule has 1 aromatic heterocycles. The molecule has 1 aliphatic heterocycles. The normalized spacial score (nSPS) is 17.0. The summed E-state index contributed by atoms with van der Waals surface area (Å²) in [6.07, 6.45) is 3.10. The lowest BCUT2D eigenvalue weighted by molar-refractivity contribution is 0.0188. The number of benzene rings is 1. The number of nitrogens with one attached hydrogen (secondary N) is 1. The third-order valence-corrected chi connectivity index (χ3v) is 4.99. The van der Waals surface area contributed by atoms with Crippen LogP contribution < -0.4 is 4.74 Å². The first-order chi connectivity index (χ1) is 13.2. The average Bonchev–Trinajstić information content (AvgIpc) is 3.28. The number of esters is 1. The molecule has 28 heavy (non-hydrogen) atoms. The molecule has 0 aliphatic carbocycles. The number of fused-ring (bicyclic) bond motifs is 1. The van der Waals surface area contributed by atoms with Crippen LogP contribution >= 0.6 is 11.6 Å². The van der Waals surface area contributed by atoms with Gasteiger partial charge in [0.1, 0.15) is 18.0 Å². The summed E-state index contributed by atoms with van der Waals surface area (Å²) in [6.45, 7) is 6.45. The van der Waals surface area contributed by atoms with Crippen LogP contribution in [-0.4, -0.2) is 53.9 Å². The molecule has 0 spiro atoms. The van der Waals surface area contributed by atoms with E-state index in [2.05, 4.69) is 4.98 Å². The fourth-order valence-electron chi connectivity index (χ4n) is 3.30. The Labute approximate surface area is 168 Å². The summed E-state index contributed by atoms with van der Waals surface area (Å²) in [5.41, 5.74) is 0.383. The Hall–Kier alpha value is -2.41. The van der Waals surface area contributed by atoms with Gasteiger partial charge in [0.2, 0.25) is 0 Å². The molecular weight excluding hydrogens is 384 g/mol. The van der Waals surface area contributed by atoms with E-state index in [1.807, 2.05) is 20.8 Å². The van der Waals surface area contributed by atoms with Gasteiger partial charge < -0.3 is 24.1 Å². The average molecular weight is 409 g/mol. The molecule has 1 aromatic carbocycles. The van der Waals surface area contributed by atoms with Crippen LogP contribution in [0.5, 0.6) is 5.75 Å². The molecule has 1 aliphatic rings. The number of aromatic nitrogens is 1. The van der Waals surface area contributed by atoms with Gasteiger partial charge in [-0.2, -0.15) is 0 Å². The summed E-state index contributed by atoms with van der Waals surface area (Å²) in [4.78, 5) is 29.3. The van der Waals surface area contributed by atoms with Crippen LogP contribution in [0, 0.1) is 0 Å². The van der Waals surface area contributed by atoms with Gasteiger partial charge >= 0.3 is 12.1 Å². The van der Waals surface area contributed by atoms with Gasteiger partial charge in [0, 0.05) is 18.1 Å². The topological polar surface area (TPSA) is 80.9 Å². The van der Waals surface area contributed by atoms with Crippen molar-refractivity contribution >= 4 is 34.6 Å². The molecule has 0 radical (unpaired) electrons. The van der Waals surface area contributed by atoms with Gasteiger partial charge in [0.25, 0.3) is 0 Å². The van der Waals surface area contributed by atoms with Crippen molar-refractivity contribution < 1.29 is 23.8 Å². The Bertz CT molecular complexity index is 887. The number of carbonyl (C=O) groups excluding carboxylic acids is 2. The van der Waals surface area contributed by atoms with Crippen molar-refractivity contribution in [2.45, 2.75) is 45.3 Å². The Morgan fingerprint density at radius 3 is 2.79 bits per heavy atom. The maximum absolute atomic E-state index is 12.4. The number of likely N-dealkylation sites (tertiary alicyclic amines) is 1. The molecule has 2 heterocycles. The number of rotatable bonds is 4. The summed E-state index contributed by atoms with van der Waals surface area (Å²) in [6, 6.07) is 3.25. The third-order valence-electron chi connectivity index (χ3n) is 4.58. The summed E-state index contributed by atoms with van der Waals surface area (Å²) < 4.78 is 16.3. The second-order valence-corrected chi connectivity index (χ2v) is 8.15. The molecule has 8 heteroatoms. The number of H-pyrrole nitrogens is 1. The van der Waals surface area contributed by atoms with Crippen molar-refractivity contribution in [3.05, 3.63) is 28.9 Å². The van der Waals surface area contributed by atoms with Crippen LogP contribution in [0.15, 0.2) is 18.3 Å². The Morgan fingerprint density at radius 1 is 1.36 bits per heavy atom. The summed E-state index contributed by atoms with van der Waals surface area (Å²) >= 11 is 6.34. The van der Waals surface area contributed by atoms with Gasteiger partial charge in [-0.15, -0.1) is 0 Å². The van der Waals surface area contributed by atoms with E-state index in [4.69, 9.17) is 25.8 Å². The second kappa shape index (κ2) is 7.91. The molecule has 1 amide bonds. The number of halogens is 1. The van der Waals surface area contributed by atoms with Gasteiger partial charge in [0.05, 0.1) is 29.3 Å². The first kappa shape index (κ1) is 20.3. The maximum atomic E-state index is 12.4. The number of ether oxygens (including phenoxy) is 3. The number of nitrogens with zero attached hydrogens (tertiary/aromatic N) is 1. The Morgan fingerprint density at radius 2 is 2.11 bits per heavy atom. The lowest BCUT2D eigenvalue weighted by atomic mass is 10.1. The Kier molecular flexibility index (Phi) is 5.74. The molecule has 1 N–H and O–H groups in total. The zero-order valence-electron chi connectivity index (χ0n) is 16.5. The number of methoxy groups -OCH3 is 1. The SMILES string of the molecule is COC(=O)c1cc(OCC2CCCN2C(=O)OC(C)(C)C)c2[nH]ccc2c1Cl. The lowest BCUT2D eigenvalue weighted by Crippen LogP contribution is -2.42. The van der Waals surface area contributed by atoms with Crippen molar-refractivity contribution in [3.8, 4) is 5.75 Å². The number of hydrogen-bond acceptors (Lipinski definition) is 5. The summed E-state index contributed by atoms with van der Waals surface area (Å²) in [7, 11) is 1.30. The van der Waals surface area contributed by atoms with E-state index in [1.165, 1.54) is 7.11 Å². The van der Waals surface area contributed by atoms with E-state index in [-0.39, 0.29) is 24.3 Å². The highest BCUT2D eigenvalue weighted by molar-refractivity contribution is 6.38. The number of aromatic amines is 1. The first-order valence-electron chi connectivity index (χ1n) is 9.21. The van der Waals surface area contributed by atoms with E-state index in [0.29, 0.717) is 28.2 Å². The Balaban J connectivity index is 1.79. The minimum Gasteiger partial charge on any atom is -0.489 e. The van der Waals surface area contributed by atoms with E-state index < -0.39 is 11.6 Å². The smallest absolute Gasteiger partial charge is 0.410 e. The van der Waals surface area contributed by atoms with Crippen LogP contribution in [-0.2, 0) is 9.47 Å². The van der Waals surface area contributed by atoms with Gasteiger partial charge in [-0.3, -0.25) is 0 Å². The van der Waals surface area contributed by atoms with Gasteiger partial charge in [0.15, 0.2) is 0 Å². The number of carbonyl (C=O) groups is 2. The van der Waals surface area contributed by atoms with E-state index in [9.17, 15) is 9.59 Å². The predicted octanol–water partition coefficient (Wildman–Crippen LogP) is 4.39. The highest BCUT2D eigenvalue weighted by Crippen LogP contribution is 2.35. The van der Waals surface area contributed by atoms with Crippen LogP contribution in [0.1, 0.15) is 44.0 Å². The fourth-order valence-corrected chi connectivity index (χ4v) is 3.59. The fraction of sp³-hybridized carbons (Fsp3) is 0.500. The maximum Gasteiger partial charge on any atom is 0.410 e. The predicted molar refractivity (Wildman–Crippen MR) is 106 cm³/mol. The van der Waals surface area contributed by atoms with Crippen molar-refractivity contribution in [3.63, 3.8) is 0 Å². The van der Waals surface area contributed by atoms with Crippen LogP contribution in [0.4, 0.5) is 4.79 Å². The monoisotopic (exact) mass is 408 g/mol. The minimum atomic E-state index is -0.549. The van der Waals surface area contributed by atoms with Crippen LogP contribution in [0.2, 0.25) is 5.02 Å². The quantitative estimate of drug-likeness (QED) is 0.759. The summed E-state index contributed by atoms with van der Waals surface area (Å²) in [5.74, 6) is -0.0463. The molecule has 7 nitrogen and oxygen atoms in total. The minimum absolute atomic E-state index is 0.0999. The van der Waals surface area contributed by atoms with Gasteiger partial charge in [-0.1, -0.05) is 11.6 Å². The number of hydrogen-bond donors (Lipinski definition) is 1. The molecule has 1 saturated heterocycles. The highest BCUT2D eigenvalue weighted by atomic mass is 35.5. The number of amides is 1. The van der Waals surface area contributed by atoms with E-state index in [0.717, 1.165) is 12.8 Å².